The number of thiocarbonyl (C=S) groups is 1. The summed E-state index contributed by atoms with van der Waals surface area (Å²) in [6.07, 6.45) is 0. The van der Waals surface area contributed by atoms with E-state index in [-0.39, 0.29) is 17.6 Å². The van der Waals surface area contributed by atoms with Crippen LogP contribution >= 0.6 is 35.4 Å². The van der Waals surface area contributed by atoms with Gasteiger partial charge in [0.05, 0.1) is 5.02 Å². The molecule has 1 rings (SSSR count). The molecule has 0 unspecified atom stereocenters. The van der Waals surface area contributed by atoms with E-state index >= 15 is 0 Å². The summed E-state index contributed by atoms with van der Waals surface area (Å²) in [6, 6.07) is 4.65. The van der Waals surface area contributed by atoms with Crippen LogP contribution in [0.2, 0.25) is 10.0 Å². The van der Waals surface area contributed by atoms with Crippen LogP contribution in [0, 0.1) is 5.41 Å². The standard InChI is InChI=1S/C14H17Cl2N3O3S/c1-14(2,3)12(21)17-13(23)19-18-11(20)7-22-10-5-4-8(15)6-9(10)16/h4-6H,7H2,1-3H3,(H,18,20)(H2,17,19,21,23). The van der Waals surface area contributed by atoms with E-state index in [4.69, 9.17) is 40.2 Å². The summed E-state index contributed by atoms with van der Waals surface area (Å²) in [4.78, 5) is 23.3. The highest BCUT2D eigenvalue weighted by Gasteiger charge is 2.22. The smallest absolute Gasteiger partial charge is 0.276 e. The van der Waals surface area contributed by atoms with Crippen molar-refractivity contribution in [3.8, 4) is 5.75 Å². The minimum Gasteiger partial charge on any atom is -0.482 e. The molecule has 0 radical (unpaired) electrons. The first-order chi connectivity index (χ1) is 10.6. The average molecular weight is 378 g/mol. The van der Waals surface area contributed by atoms with E-state index in [1.165, 1.54) is 6.07 Å². The van der Waals surface area contributed by atoms with E-state index < -0.39 is 11.3 Å². The fourth-order valence-electron chi connectivity index (χ4n) is 1.22. The van der Waals surface area contributed by atoms with Crippen molar-refractivity contribution in [2.45, 2.75) is 20.8 Å². The lowest BCUT2D eigenvalue weighted by Gasteiger charge is -2.18. The SMILES string of the molecule is CC(C)(C)C(=O)NC(=S)NNC(=O)COc1ccc(Cl)cc1Cl. The third kappa shape index (κ3) is 7.02. The molecule has 0 aliphatic rings. The molecule has 2 amide bonds. The quantitative estimate of drug-likeness (QED) is 0.556. The second kappa shape index (κ2) is 8.33. The molecule has 9 heteroatoms. The highest BCUT2D eigenvalue weighted by molar-refractivity contribution is 7.80. The van der Waals surface area contributed by atoms with Gasteiger partial charge in [0.15, 0.2) is 11.7 Å². The number of ether oxygens (including phenoxy) is 1. The molecule has 1 aromatic rings. The first kappa shape index (κ1) is 19.5. The average Bonchev–Trinajstić information content (AvgIpc) is 2.43. The summed E-state index contributed by atoms with van der Waals surface area (Å²) < 4.78 is 5.25. The molecule has 1 aromatic carbocycles. The monoisotopic (exact) mass is 377 g/mol. The molecular formula is C14H17Cl2N3O3S. The van der Waals surface area contributed by atoms with Crippen molar-refractivity contribution in [2.75, 3.05) is 6.61 Å². The maximum absolute atomic E-state index is 11.7. The Kier molecular flexibility index (Phi) is 7.05. The Balaban J connectivity index is 2.37. The molecule has 0 aliphatic carbocycles. The molecule has 23 heavy (non-hydrogen) atoms. The molecule has 0 fully saturated rings. The Morgan fingerprint density at radius 2 is 1.87 bits per heavy atom. The van der Waals surface area contributed by atoms with Gasteiger partial charge < -0.3 is 10.1 Å². The van der Waals surface area contributed by atoms with Gasteiger partial charge in [-0.1, -0.05) is 44.0 Å². The number of carbonyl (C=O) groups is 2. The van der Waals surface area contributed by atoms with E-state index in [9.17, 15) is 9.59 Å². The van der Waals surface area contributed by atoms with Crippen molar-refractivity contribution >= 4 is 52.3 Å². The van der Waals surface area contributed by atoms with Crippen LogP contribution < -0.4 is 20.9 Å². The van der Waals surface area contributed by atoms with Crippen molar-refractivity contribution in [2.24, 2.45) is 5.41 Å². The summed E-state index contributed by atoms with van der Waals surface area (Å²) in [5, 5.41) is 3.21. The van der Waals surface area contributed by atoms with Gasteiger partial charge in [0.1, 0.15) is 5.75 Å². The third-order valence-electron chi connectivity index (χ3n) is 2.48. The zero-order chi connectivity index (χ0) is 17.6. The Bertz CT molecular complexity index is 618. The van der Waals surface area contributed by atoms with Crippen LogP contribution in [0.25, 0.3) is 0 Å². The summed E-state index contributed by atoms with van der Waals surface area (Å²) in [7, 11) is 0. The van der Waals surface area contributed by atoms with E-state index in [0.717, 1.165) is 0 Å². The zero-order valence-corrected chi connectivity index (χ0v) is 15.2. The molecule has 0 aliphatic heterocycles. The topological polar surface area (TPSA) is 79.5 Å². The fraction of sp³-hybridized carbons (Fsp3) is 0.357. The van der Waals surface area contributed by atoms with E-state index in [1.54, 1.807) is 32.9 Å². The lowest BCUT2D eigenvalue weighted by Crippen LogP contribution is -2.51. The van der Waals surface area contributed by atoms with E-state index in [1.807, 2.05) is 0 Å². The second-order valence-corrected chi connectivity index (χ2v) is 6.82. The van der Waals surface area contributed by atoms with Gasteiger partial charge in [0.2, 0.25) is 5.91 Å². The minimum atomic E-state index is -0.593. The molecule has 0 spiro atoms. The molecule has 0 saturated carbocycles. The molecule has 0 bridgehead atoms. The van der Waals surface area contributed by atoms with Crippen LogP contribution in [-0.4, -0.2) is 23.5 Å². The van der Waals surface area contributed by atoms with Crippen molar-refractivity contribution in [3.63, 3.8) is 0 Å². The van der Waals surface area contributed by atoms with E-state index in [0.29, 0.717) is 15.8 Å². The second-order valence-electron chi connectivity index (χ2n) is 5.57. The molecule has 3 N–H and O–H groups in total. The van der Waals surface area contributed by atoms with Gasteiger partial charge in [-0.15, -0.1) is 0 Å². The zero-order valence-electron chi connectivity index (χ0n) is 12.8. The number of benzene rings is 1. The molecule has 0 aromatic heterocycles. The van der Waals surface area contributed by atoms with Crippen LogP contribution in [0.5, 0.6) is 5.75 Å². The molecule has 0 heterocycles. The number of hydrazine groups is 1. The van der Waals surface area contributed by atoms with Gasteiger partial charge >= 0.3 is 0 Å². The maximum atomic E-state index is 11.7. The summed E-state index contributed by atoms with van der Waals surface area (Å²) in [5.41, 5.74) is 4.12. The number of hydrogen-bond donors (Lipinski definition) is 3. The molecule has 0 atom stereocenters. The van der Waals surface area contributed by atoms with Gasteiger partial charge in [-0.3, -0.25) is 20.4 Å². The number of carbonyl (C=O) groups excluding carboxylic acids is 2. The maximum Gasteiger partial charge on any atom is 0.276 e. The number of rotatable bonds is 3. The van der Waals surface area contributed by atoms with Crippen LogP contribution in [0.1, 0.15) is 20.8 Å². The fourth-order valence-corrected chi connectivity index (χ4v) is 1.83. The number of hydrogen-bond acceptors (Lipinski definition) is 4. The van der Waals surface area contributed by atoms with Gasteiger partial charge in [0.25, 0.3) is 5.91 Å². The normalized spacial score (nSPS) is 10.7. The number of nitrogens with one attached hydrogen (secondary N) is 3. The van der Waals surface area contributed by atoms with Crippen molar-refractivity contribution in [3.05, 3.63) is 28.2 Å². The Hall–Kier alpha value is -1.57. The van der Waals surface area contributed by atoms with Crippen LogP contribution in [0.3, 0.4) is 0 Å². The van der Waals surface area contributed by atoms with Gasteiger partial charge in [-0.2, -0.15) is 0 Å². The summed E-state index contributed by atoms with van der Waals surface area (Å²) in [5.74, 6) is -0.438. The predicted octanol–water partition coefficient (Wildman–Crippen LogP) is 2.44. The molecule has 0 saturated heterocycles. The Morgan fingerprint density at radius 3 is 2.43 bits per heavy atom. The van der Waals surface area contributed by atoms with Crippen LogP contribution in [-0.2, 0) is 9.59 Å². The minimum absolute atomic E-state index is 0.0113. The highest BCUT2D eigenvalue weighted by Crippen LogP contribution is 2.27. The van der Waals surface area contributed by atoms with Crippen LogP contribution in [0.4, 0.5) is 0 Å². The first-order valence-electron chi connectivity index (χ1n) is 6.57. The van der Waals surface area contributed by atoms with Gasteiger partial charge in [-0.05, 0) is 30.4 Å². The Morgan fingerprint density at radius 1 is 1.22 bits per heavy atom. The van der Waals surface area contributed by atoms with Crippen molar-refractivity contribution in [1.29, 1.82) is 0 Å². The predicted molar refractivity (Wildman–Crippen MR) is 93.4 cm³/mol. The van der Waals surface area contributed by atoms with Gasteiger partial charge in [-0.25, -0.2) is 0 Å². The van der Waals surface area contributed by atoms with Crippen molar-refractivity contribution in [1.82, 2.24) is 16.2 Å². The highest BCUT2D eigenvalue weighted by atomic mass is 35.5. The molecular weight excluding hydrogens is 361 g/mol. The molecule has 126 valence electrons. The summed E-state index contributed by atoms with van der Waals surface area (Å²) in [6.45, 7) is 4.94. The number of halogens is 2. The van der Waals surface area contributed by atoms with Crippen LogP contribution in [0.15, 0.2) is 18.2 Å². The largest absolute Gasteiger partial charge is 0.482 e. The molecule has 6 nitrogen and oxygen atoms in total. The lowest BCUT2D eigenvalue weighted by molar-refractivity contribution is -0.127. The Labute approximate surface area is 149 Å². The third-order valence-corrected chi connectivity index (χ3v) is 3.21. The van der Waals surface area contributed by atoms with Gasteiger partial charge in [0, 0.05) is 10.4 Å². The van der Waals surface area contributed by atoms with Crippen molar-refractivity contribution < 1.29 is 14.3 Å². The first-order valence-corrected chi connectivity index (χ1v) is 7.74. The van der Waals surface area contributed by atoms with E-state index in [2.05, 4.69) is 16.2 Å². The lowest BCUT2D eigenvalue weighted by atomic mass is 9.96. The summed E-state index contributed by atoms with van der Waals surface area (Å²) >= 11 is 16.6. The number of amides is 2.